The highest BCUT2D eigenvalue weighted by Gasteiger charge is 2.10. The Morgan fingerprint density at radius 2 is 2.00 bits per heavy atom. The van der Waals surface area contributed by atoms with Crippen LogP contribution in [0.3, 0.4) is 0 Å². The third kappa shape index (κ3) is 3.05. The zero-order valence-electron chi connectivity index (χ0n) is 7.90. The normalized spacial score (nSPS) is 10.4. The van der Waals surface area contributed by atoms with E-state index in [1.807, 2.05) is 5.92 Å². The molecule has 0 bridgehead atoms. The van der Waals surface area contributed by atoms with E-state index in [2.05, 4.69) is 5.92 Å². The van der Waals surface area contributed by atoms with E-state index in [4.69, 9.17) is 10.9 Å². The number of primary amides is 1. The van der Waals surface area contributed by atoms with Crippen LogP contribution in [0, 0.1) is 17.7 Å². The summed E-state index contributed by atoms with van der Waals surface area (Å²) in [6, 6.07) is 2.91. The number of amides is 1. The average molecular weight is 242 g/mol. The van der Waals surface area contributed by atoms with E-state index in [-0.39, 0.29) is 10.5 Å². The molecule has 0 aliphatic rings. The Hall–Kier alpha value is -1.91. The number of nitrogens with two attached hydrogens (primary N) is 2. The van der Waals surface area contributed by atoms with Gasteiger partial charge in [-0.25, -0.2) is 17.9 Å². The smallest absolute Gasteiger partial charge is 0.293 e. The van der Waals surface area contributed by atoms with Crippen LogP contribution in [0.5, 0.6) is 0 Å². The molecule has 1 aromatic carbocycles. The van der Waals surface area contributed by atoms with Crippen molar-refractivity contribution in [3.63, 3.8) is 0 Å². The maximum Gasteiger partial charge on any atom is 0.293 e. The van der Waals surface area contributed by atoms with E-state index >= 15 is 0 Å². The molecular weight excluding hydrogens is 235 g/mol. The molecule has 0 aliphatic carbocycles. The van der Waals surface area contributed by atoms with Crippen molar-refractivity contribution >= 4 is 15.9 Å². The highest BCUT2D eigenvalue weighted by atomic mass is 32.2. The lowest BCUT2D eigenvalue weighted by Crippen LogP contribution is -2.12. The molecule has 0 atom stereocenters. The summed E-state index contributed by atoms with van der Waals surface area (Å²) >= 11 is 0. The zero-order valence-corrected chi connectivity index (χ0v) is 8.71. The first kappa shape index (κ1) is 12.2. The number of primary sulfonamides is 1. The lowest BCUT2D eigenvalue weighted by atomic mass is 10.2. The molecule has 84 valence electrons. The molecule has 1 amide bonds. The Morgan fingerprint density at radius 3 is 2.44 bits per heavy atom. The summed E-state index contributed by atoms with van der Waals surface area (Å²) in [5.41, 5.74) is 4.61. The predicted molar refractivity (Wildman–Crippen MR) is 53.8 cm³/mol. The molecule has 0 aliphatic heterocycles. The first-order valence-electron chi connectivity index (χ1n) is 3.94. The number of rotatable bonds is 1. The summed E-state index contributed by atoms with van der Waals surface area (Å²) in [7, 11) is -3.95. The zero-order chi connectivity index (χ0) is 12.3. The Morgan fingerprint density at radius 1 is 1.38 bits per heavy atom. The van der Waals surface area contributed by atoms with Gasteiger partial charge in [0.2, 0.25) is 10.0 Å². The maximum absolute atomic E-state index is 13.3. The highest BCUT2D eigenvalue weighted by molar-refractivity contribution is 7.89. The van der Waals surface area contributed by atoms with Crippen molar-refractivity contribution in [3.05, 3.63) is 29.6 Å². The van der Waals surface area contributed by atoms with E-state index in [0.717, 1.165) is 18.2 Å². The number of benzene rings is 1. The average Bonchev–Trinajstić information content (AvgIpc) is 2.14. The van der Waals surface area contributed by atoms with Crippen LogP contribution in [0.1, 0.15) is 5.56 Å². The van der Waals surface area contributed by atoms with E-state index in [1.165, 1.54) is 0 Å². The van der Waals surface area contributed by atoms with Gasteiger partial charge in [-0.2, -0.15) is 0 Å². The van der Waals surface area contributed by atoms with Gasteiger partial charge in [-0.3, -0.25) is 4.79 Å². The lowest BCUT2D eigenvalue weighted by Gasteiger charge is -1.99. The van der Waals surface area contributed by atoms with Gasteiger partial charge in [0, 0.05) is 5.92 Å². The number of sulfonamides is 1. The quantitative estimate of drug-likeness (QED) is 0.637. The van der Waals surface area contributed by atoms with Crippen molar-refractivity contribution in [1.29, 1.82) is 0 Å². The number of carbonyl (C=O) groups is 1. The van der Waals surface area contributed by atoms with Crippen LogP contribution < -0.4 is 10.9 Å². The summed E-state index contributed by atoms with van der Waals surface area (Å²) in [6.07, 6.45) is 0. The SMILES string of the molecule is NC(=O)C#Cc1ccc(S(N)(=O)=O)cc1F. The largest absolute Gasteiger partial charge is 0.359 e. The van der Waals surface area contributed by atoms with Gasteiger partial charge in [-0.15, -0.1) is 0 Å². The van der Waals surface area contributed by atoms with Gasteiger partial charge < -0.3 is 5.73 Å². The molecule has 4 N–H and O–H groups in total. The molecule has 0 saturated heterocycles. The molecular formula is C9H7FN2O3S. The number of hydrogen-bond acceptors (Lipinski definition) is 3. The summed E-state index contributed by atoms with van der Waals surface area (Å²) in [5.74, 6) is 2.29. The van der Waals surface area contributed by atoms with Gasteiger partial charge in [0.25, 0.3) is 5.91 Å². The molecule has 0 spiro atoms. The molecule has 0 aromatic heterocycles. The van der Waals surface area contributed by atoms with Gasteiger partial charge in [0.1, 0.15) is 5.82 Å². The van der Waals surface area contributed by atoms with E-state index < -0.39 is 21.7 Å². The molecule has 0 radical (unpaired) electrons. The topological polar surface area (TPSA) is 103 Å². The summed E-state index contributed by atoms with van der Waals surface area (Å²) < 4.78 is 35.0. The fourth-order valence-corrected chi connectivity index (χ4v) is 1.43. The fraction of sp³-hybridized carbons (Fsp3) is 0. The molecule has 16 heavy (non-hydrogen) atoms. The molecule has 5 nitrogen and oxygen atoms in total. The van der Waals surface area contributed by atoms with Crippen molar-refractivity contribution in [3.8, 4) is 11.8 Å². The van der Waals surface area contributed by atoms with Crippen LogP contribution >= 0.6 is 0 Å². The van der Waals surface area contributed by atoms with E-state index in [0.29, 0.717) is 0 Å². The lowest BCUT2D eigenvalue weighted by molar-refractivity contribution is -0.112. The van der Waals surface area contributed by atoms with Gasteiger partial charge in [-0.05, 0) is 18.2 Å². The highest BCUT2D eigenvalue weighted by Crippen LogP contribution is 2.12. The van der Waals surface area contributed by atoms with Crippen LogP contribution in [0.4, 0.5) is 4.39 Å². The van der Waals surface area contributed by atoms with Crippen LogP contribution in [0.15, 0.2) is 23.1 Å². The van der Waals surface area contributed by atoms with Gasteiger partial charge in [0.15, 0.2) is 0 Å². The Balaban J connectivity index is 3.22. The van der Waals surface area contributed by atoms with Gasteiger partial charge >= 0.3 is 0 Å². The number of hydrogen-bond donors (Lipinski definition) is 2. The van der Waals surface area contributed by atoms with E-state index in [9.17, 15) is 17.6 Å². The van der Waals surface area contributed by atoms with Crippen molar-refractivity contribution < 1.29 is 17.6 Å². The summed E-state index contributed by atoms with van der Waals surface area (Å²) in [6.45, 7) is 0. The van der Waals surface area contributed by atoms with Crippen LogP contribution in [-0.2, 0) is 14.8 Å². The first-order valence-corrected chi connectivity index (χ1v) is 5.49. The molecule has 0 fully saturated rings. The maximum atomic E-state index is 13.3. The monoisotopic (exact) mass is 242 g/mol. The van der Waals surface area contributed by atoms with E-state index in [1.54, 1.807) is 0 Å². The summed E-state index contributed by atoms with van der Waals surface area (Å²) in [5, 5.41) is 4.79. The molecule has 0 heterocycles. The van der Waals surface area contributed by atoms with Crippen LogP contribution in [0.2, 0.25) is 0 Å². The number of carbonyl (C=O) groups excluding carboxylic acids is 1. The van der Waals surface area contributed by atoms with Crippen LogP contribution in [0.25, 0.3) is 0 Å². The second-order valence-corrected chi connectivity index (χ2v) is 4.36. The minimum absolute atomic E-state index is 0.133. The molecule has 0 unspecified atom stereocenters. The fourth-order valence-electron chi connectivity index (χ4n) is 0.903. The Bertz CT molecular complexity index is 599. The van der Waals surface area contributed by atoms with Gasteiger partial charge in [0.05, 0.1) is 10.5 Å². The summed E-state index contributed by atoms with van der Waals surface area (Å²) in [4.78, 5) is 9.95. The third-order valence-corrected chi connectivity index (χ3v) is 2.50. The Kier molecular flexibility index (Phi) is 3.27. The van der Waals surface area contributed by atoms with Crippen LogP contribution in [-0.4, -0.2) is 14.3 Å². The van der Waals surface area contributed by atoms with Gasteiger partial charge in [-0.1, -0.05) is 5.92 Å². The molecule has 1 rings (SSSR count). The van der Waals surface area contributed by atoms with Crippen molar-refractivity contribution in [2.45, 2.75) is 4.90 Å². The first-order chi connectivity index (χ1) is 7.30. The molecule has 1 aromatic rings. The number of halogens is 1. The minimum Gasteiger partial charge on any atom is -0.359 e. The third-order valence-electron chi connectivity index (χ3n) is 1.59. The standard InChI is InChI=1S/C9H7FN2O3S/c10-8-5-7(16(12,14)15)3-1-6(8)2-4-9(11)13/h1,3,5H,(H2,11,13)(H2,12,14,15). The predicted octanol–water partition coefficient (Wildman–Crippen LogP) is -0.690. The molecule has 7 heteroatoms. The minimum atomic E-state index is -3.95. The molecule has 0 saturated carbocycles. The van der Waals surface area contributed by atoms with Crippen molar-refractivity contribution in [1.82, 2.24) is 0 Å². The van der Waals surface area contributed by atoms with Crippen molar-refractivity contribution in [2.24, 2.45) is 10.9 Å². The second-order valence-electron chi connectivity index (χ2n) is 2.80. The Labute approximate surface area is 91.3 Å². The van der Waals surface area contributed by atoms with Crippen molar-refractivity contribution in [2.75, 3.05) is 0 Å². The second kappa shape index (κ2) is 4.30.